The number of H-pyrrole nitrogens is 1. The predicted molar refractivity (Wildman–Crippen MR) is 110 cm³/mol. The topological polar surface area (TPSA) is 76.7 Å². The zero-order valence-electron chi connectivity index (χ0n) is 16.5. The van der Waals surface area contributed by atoms with E-state index in [4.69, 9.17) is 14.2 Å². The number of amides is 1. The first kappa shape index (κ1) is 18.8. The highest BCUT2D eigenvalue weighted by atomic mass is 16.7. The number of aromatic nitrogens is 2. The maximum Gasteiger partial charge on any atom is 0.254 e. The third-order valence-corrected chi connectivity index (χ3v) is 5.32. The summed E-state index contributed by atoms with van der Waals surface area (Å²) >= 11 is 0. The molecular weight excluding hydrogens is 382 g/mol. The number of nitrogens with zero attached hydrogens (tertiary/aromatic N) is 2. The number of hydrogen-bond donors (Lipinski definition) is 1. The summed E-state index contributed by atoms with van der Waals surface area (Å²) in [5.41, 5.74) is 3.56. The van der Waals surface area contributed by atoms with Crippen LogP contribution in [0.25, 0.3) is 11.4 Å². The van der Waals surface area contributed by atoms with E-state index in [-0.39, 0.29) is 5.91 Å². The minimum absolute atomic E-state index is 0.0698. The monoisotopic (exact) mass is 405 g/mol. The Hall–Kier alpha value is -3.16. The molecule has 0 radical (unpaired) electrons. The van der Waals surface area contributed by atoms with Crippen molar-refractivity contribution >= 4 is 5.91 Å². The summed E-state index contributed by atoms with van der Waals surface area (Å²) < 4.78 is 16.8. The van der Waals surface area contributed by atoms with Crippen LogP contribution in [0.3, 0.4) is 0 Å². The molecule has 0 saturated carbocycles. The molecule has 2 aliphatic heterocycles. The van der Waals surface area contributed by atoms with E-state index in [1.54, 1.807) is 11.1 Å². The van der Waals surface area contributed by atoms with E-state index in [9.17, 15) is 4.79 Å². The molecule has 1 amide bonds. The second kappa shape index (κ2) is 8.30. The summed E-state index contributed by atoms with van der Waals surface area (Å²) in [4.78, 5) is 22.9. The second-order valence-corrected chi connectivity index (χ2v) is 7.40. The summed E-state index contributed by atoms with van der Waals surface area (Å²) in [7, 11) is 0. The van der Waals surface area contributed by atoms with Crippen LogP contribution < -0.4 is 4.74 Å². The molecule has 2 aromatic carbocycles. The van der Waals surface area contributed by atoms with Crippen LogP contribution in [-0.2, 0) is 22.4 Å². The number of benzene rings is 2. The Balaban J connectivity index is 1.38. The van der Waals surface area contributed by atoms with Crippen LogP contribution in [0.1, 0.15) is 21.6 Å². The Morgan fingerprint density at radius 2 is 1.93 bits per heavy atom. The molecule has 0 unspecified atom stereocenters. The van der Waals surface area contributed by atoms with Crippen molar-refractivity contribution in [2.24, 2.45) is 0 Å². The molecule has 0 aliphatic carbocycles. The van der Waals surface area contributed by atoms with E-state index in [1.165, 1.54) is 0 Å². The molecule has 30 heavy (non-hydrogen) atoms. The summed E-state index contributed by atoms with van der Waals surface area (Å²) in [6.45, 7) is 2.49. The standard InChI is InChI=1S/C23H23N3O4/c27-23(18-6-7-20-17(12-18)8-9-28-20)26(15-21-29-10-11-30-21)14-19-13-24-22(25-19)16-4-2-1-3-5-16/h1-7,12-13,21H,8-11,14-15H2,(H,24,25). The Morgan fingerprint density at radius 1 is 1.10 bits per heavy atom. The van der Waals surface area contributed by atoms with Gasteiger partial charge < -0.3 is 24.1 Å². The number of nitrogens with one attached hydrogen (secondary N) is 1. The average molecular weight is 405 g/mol. The smallest absolute Gasteiger partial charge is 0.254 e. The van der Waals surface area contributed by atoms with E-state index >= 15 is 0 Å². The lowest BCUT2D eigenvalue weighted by Gasteiger charge is -2.24. The molecule has 3 heterocycles. The molecule has 7 nitrogen and oxygen atoms in total. The van der Waals surface area contributed by atoms with Crippen molar-refractivity contribution in [3.63, 3.8) is 0 Å². The van der Waals surface area contributed by atoms with Gasteiger partial charge in [0.05, 0.1) is 44.8 Å². The molecule has 1 saturated heterocycles. The summed E-state index contributed by atoms with van der Waals surface area (Å²) in [6.07, 6.45) is 2.19. The van der Waals surface area contributed by atoms with Gasteiger partial charge in [-0.05, 0) is 23.8 Å². The van der Waals surface area contributed by atoms with Crippen LogP contribution in [0, 0.1) is 0 Å². The van der Waals surface area contributed by atoms with Gasteiger partial charge in [0.25, 0.3) is 5.91 Å². The van der Waals surface area contributed by atoms with Crippen LogP contribution in [0.2, 0.25) is 0 Å². The molecule has 1 N–H and O–H groups in total. The third kappa shape index (κ3) is 3.94. The number of rotatable bonds is 6. The van der Waals surface area contributed by atoms with Gasteiger partial charge in [-0.25, -0.2) is 4.98 Å². The zero-order valence-corrected chi connectivity index (χ0v) is 16.5. The van der Waals surface area contributed by atoms with Gasteiger partial charge in [-0.3, -0.25) is 4.79 Å². The van der Waals surface area contributed by atoms with Crippen molar-refractivity contribution in [1.29, 1.82) is 0 Å². The molecule has 1 aromatic heterocycles. The van der Waals surface area contributed by atoms with Crippen LogP contribution >= 0.6 is 0 Å². The van der Waals surface area contributed by atoms with Gasteiger partial charge in [0, 0.05) is 17.5 Å². The summed E-state index contributed by atoms with van der Waals surface area (Å²) in [5.74, 6) is 1.57. The first-order valence-corrected chi connectivity index (χ1v) is 10.1. The number of hydrogen-bond acceptors (Lipinski definition) is 5. The Labute approximate surface area is 174 Å². The lowest BCUT2D eigenvalue weighted by atomic mass is 10.1. The molecule has 0 bridgehead atoms. The number of aromatic amines is 1. The van der Waals surface area contributed by atoms with Crippen molar-refractivity contribution in [3.8, 4) is 17.1 Å². The first-order valence-electron chi connectivity index (χ1n) is 10.1. The Bertz CT molecular complexity index is 1030. The largest absolute Gasteiger partial charge is 0.493 e. The summed E-state index contributed by atoms with van der Waals surface area (Å²) in [6, 6.07) is 15.5. The van der Waals surface area contributed by atoms with Gasteiger partial charge in [0.15, 0.2) is 6.29 Å². The van der Waals surface area contributed by atoms with Crippen molar-refractivity contribution in [3.05, 3.63) is 71.5 Å². The fourth-order valence-corrected chi connectivity index (χ4v) is 3.80. The van der Waals surface area contributed by atoms with E-state index < -0.39 is 6.29 Å². The second-order valence-electron chi connectivity index (χ2n) is 7.40. The number of fused-ring (bicyclic) bond motifs is 1. The van der Waals surface area contributed by atoms with E-state index in [0.29, 0.717) is 38.5 Å². The van der Waals surface area contributed by atoms with Crippen LogP contribution in [-0.4, -0.2) is 53.4 Å². The van der Waals surface area contributed by atoms with Gasteiger partial charge in [0.1, 0.15) is 11.6 Å². The van der Waals surface area contributed by atoms with Gasteiger partial charge in [0.2, 0.25) is 0 Å². The fourth-order valence-electron chi connectivity index (χ4n) is 3.80. The minimum Gasteiger partial charge on any atom is -0.493 e. The average Bonchev–Trinajstić information content (AvgIpc) is 3.55. The Kier molecular flexibility index (Phi) is 5.21. The highest BCUT2D eigenvalue weighted by Gasteiger charge is 2.26. The van der Waals surface area contributed by atoms with Crippen molar-refractivity contribution < 1.29 is 19.0 Å². The van der Waals surface area contributed by atoms with Gasteiger partial charge in [-0.2, -0.15) is 0 Å². The minimum atomic E-state index is -0.414. The third-order valence-electron chi connectivity index (χ3n) is 5.32. The lowest BCUT2D eigenvalue weighted by Crippen LogP contribution is -2.37. The normalized spacial score (nSPS) is 15.7. The first-order chi connectivity index (χ1) is 14.8. The molecule has 7 heteroatoms. The molecule has 2 aliphatic rings. The number of carbonyl (C=O) groups is 1. The van der Waals surface area contributed by atoms with Crippen LogP contribution in [0.15, 0.2) is 54.7 Å². The molecule has 0 spiro atoms. The van der Waals surface area contributed by atoms with Crippen molar-refractivity contribution in [2.45, 2.75) is 19.3 Å². The predicted octanol–water partition coefficient (Wildman–Crippen LogP) is 3.03. The quantitative estimate of drug-likeness (QED) is 0.682. The maximum atomic E-state index is 13.4. The summed E-state index contributed by atoms with van der Waals surface area (Å²) in [5, 5.41) is 0. The van der Waals surface area contributed by atoms with Gasteiger partial charge >= 0.3 is 0 Å². The van der Waals surface area contributed by atoms with Crippen LogP contribution in [0.5, 0.6) is 5.75 Å². The number of ether oxygens (including phenoxy) is 3. The van der Waals surface area contributed by atoms with Crippen molar-refractivity contribution in [2.75, 3.05) is 26.4 Å². The highest BCUT2D eigenvalue weighted by Crippen LogP contribution is 2.27. The molecular formula is C23H23N3O4. The van der Waals surface area contributed by atoms with Crippen LogP contribution in [0.4, 0.5) is 0 Å². The number of imidazole rings is 1. The highest BCUT2D eigenvalue weighted by molar-refractivity contribution is 5.94. The molecule has 154 valence electrons. The van der Waals surface area contributed by atoms with E-state index in [2.05, 4.69) is 9.97 Å². The van der Waals surface area contributed by atoms with Gasteiger partial charge in [-0.1, -0.05) is 30.3 Å². The molecule has 1 fully saturated rings. The molecule has 5 rings (SSSR count). The Morgan fingerprint density at radius 3 is 2.77 bits per heavy atom. The fraction of sp³-hybridized carbons (Fsp3) is 0.304. The SMILES string of the molecule is O=C(c1ccc2c(c1)CCO2)N(Cc1cnc(-c2ccccc2)[nH]1)CC1OCCO1. The number of carbonyl (C=O) groups excluding carboxylic acids is 1. The van der Waals surface area contributed by atoms with E-state index in [0.717, 1.165) is 34.8 Å². The molecule has 0 atom stereocenters. The van der Waals surface area contributed by atoms with Gasteiger partial charge in [-0.15, -0.1) is 0 Å². The van der Waals surface area contributed by atoms with Crippen molar-refractivity contribution in [1.82, 2.24) is 14.9 Å². The molecule has 3 aromatic rings. The zero-order chi connectivity index (χ0) is 20.3. The van der Waals surface area contributed by atoms with E-state index in [1.807, 2.05) is 48.5 Å². The lowest BCUT2D eigenvalue weighted by molar-refractivity contribution is -0.0585. The maximum absolute atomic E-state index is 13.4.